The Morgan fingerprint density at radius 1 is 1.03 bits per heavy atom. The molecule has 0 saturated heterocycles. The molecule has 1 amide bonds. The number of hydrogen-bond acceptors (Lipinski definition) is 4. The fourth-order valence-corrected chi connectivity index (χ4v) is 4.35. The van der Waals surface area contributed by atoms with Crippen molar-refractivity contribution in [1.82, 2.24) is 4.90 Å². The third-order valence-corrected chi connectivity index (χ3v) is 5.99. The van der Waals surface area contributed by atoms with Crippen molar-refractivity contribution in [3.8, 4) is 5.75 Å². The van der Waals surface area contributed by atoms with E-state index in [1.807, 2.05) is 24.3 Å². The first kappa shape index (κ1) is 25.4. The molecule has 36 heavy (non-hydrogen) atoms. The van der Waals surface area contributed by atoms with E-state index in [9.17, 15) is 22.8 Å². The van der Waals surface area contributed by atoms with E-state index < -0.39 is 36.5 Å². The molecule has 0 aromatic heterocycles. The molecule has 4 rings (SSSR count). The number of alkyl halides is 3. The van der Waals surface area contributed by atoms with E-state index >= 15 is 0 Å². The van der Waals surface area contributed by atoms with Crippen molar-refractivity contribution >= 4 is 23.7 Å². The number of carboxylic acids is 1. The summed E-state index contributed by atoms with van der Waals surface area (Å²) in [5, 5.41) is 9.43. The minimum atomic E-state index is -4.51. The highest BCUT2D eigenvalue weighted by molar-refractivity contribution is 6.30. The zero-order valence-electron chi connectivity index (χ0n) is 18.8. The number of carboxylic acid groups (broad SMARTS) is 1. The molecule has 0 radical (unpaired) electrons. The average molecular weight is 520 g/mol. The molecule has 3 aromatic carbocycles. The Morgan fingerprint density at radius 3 is 2.56 bits per heavy atom. The first-order chi connectivity index (χ1) is 17.1. The summed E-state index contributed by atoms with van der Waals surface area (Å²) in [6, 6.07) is 16.0. The van der Waals surface area contributed by atoms with E-state index in [1.165, 1.54) is 23.1 Å². The van der Waals surface area contributed by atoms with Crippen molar-refractivity contribution in [3.05, 3.63) is 99.6 Å². The molecule has 0 aliphatic carbocycles. The van der Waals surface area contributed by atoms with Gasteiger partial charge in [-0.05, 0) is 53.4 Å². The number of carbonyl (C=O) groups is 2. The van der Waals surface area contributed by atoms with Crippen LogP contribution in [0.15, 0.2) is 66.7 Å². The number of halogens is 4. The van der Waals surface area contributed by atoms with Crippen LogP contribution in [0.3, 0.4) is 0 Å². The van der Waals surface area contributed by atoms with Gasteiger partial charge in [0.25, 0.3) is 0 Å². The van der Waals surface area contributed by atoms with Crippen molar-refractivity contribution in [3.63, 3.8) is 0 Å². The Morgan fingerprint density at radius 2 is 1.81 bits per heavy atom. The molecule has 0 saturated carbocycles. The van der Waals surface area contributed by atoms with Crippen LogP contribution >= 0.6 is 11.6 Å². The summed E-state index contributed by atoms with van der Waals surface area (Å²) in [4.78, 5) is 25.8. The summed E-state index contributed by atoms with van der Waals surface area (Å²) >= 11 is 6.25. The van der Waals surface area contributed by atoms with Crippen LogP contribution in [-0.2, 0) is 28.7 Å². The van der Waals surface area contributed by atoms with E-state index in [1.54, 1.807) is 12.1 Å². The lowest BCUT2D eigenvalue weighted by Crippen LogP contribution is -2.41. The summed E-state index contributed by atoms with van der Waals surface area (Å²) in [5.41, 5.74) is 1.59. The molecular formula is C26H21ClF3NO5. The molecule has 1 atom stereocenters. The third-order valence-electron chi connectivity index (χ3n) is 5.75. The summed E-state index contributed by atoms with van der Waals surface area (Å²) in [5.74, 6) is -0.934. The Balaban J connectivity index is 1.65. The molecule has 1 N–H and O–H groups in total. The lowest BCUT2D eigenvalue weighted by atomic mass is 9.88. The van der Waals surface area contributed by atoms with Gasteiger partial charge < -0.3 is 14.6 Å². The molecule has 1 heterocycles. The van der Waals surface area contributed by atoms with Gasteiger partial charge in [-0.15, -0.1) is 0 Å². The maximum absolute atomic E-state index is 13.2. The molecular weight excluding hydrogens is 499 g/mol. The zero-order valence-corrected chi connectivity index (χ0v) is 19.6. The van der Waals surface area contributed by atoms with Gasteiger partial charge in [0.15, 0.2) is 6.61 Å². The van der Waals surface area contributed by atoms with E-state index in [2.05, 4.69) is 0 Å². The number of ether oxygens (including phenoxy) is 2. The van der Waals surface area contributed by atoms with Crippen LogP contribution in [0.2, 0.25) is 5.02 Å². The topological polar surface area (TPSA) is 76.1 Å². The predicted octanol–water partition coefficient (Wildman–Crippen LogP) is 6.11. The van der Waals surface area contributed by atoms with Crippen LogP contribution in [0.4, 0.5) is 18.0 Å². The summed E-state index contributed by atoms with van der Waals surface area (Å²) in [7, 11) is 0. The van der Waals surface area contributed by atoms with Gasteiger partial charge in [-0.2, -0.15) is 13.2 Å². The molecule has 188 valence electrons. The molecule has 1 aliphatic rings. The van der Waals surface area contributed by atoms with Gasteiger partial charge in [-0.3, -0.25) is 4.90 Å². The lowest BCUT2D eigenvalue weighted by Gasteiger charge is -2.37. The number of rotatable bonds is 6. The third kappa shape index (κ3) is 5.73. The number of hydrogen-bond donors (Lipinski definition) is 1. The highest BCUT2D eigenvalue weighted by Gasteiger charge is 2.35. The highest BCUT2D eigenvalue weighted by Crippen LogP contribution is 2.41. The van der Waals surface area contributed by atoms with Crippen molar-refractivity contribution in [2.24, 2.45) is 0 Å². The molecule has 3 aromatic rings. The number of aliphatic carboxylic acids is 1. The van der Waals surface area contributed by atoms with Crippen LogP contribution < -0.4 is 4.74 Å². The number of carbonyl (C=O) groups excluding carboxylic acids is 1. The minimum Gasteiger partial charge on any atom is -0.482 e. The van der Waals surface area contributed by atoms with Gasteiger partial charge in [0, 0.05) is 17.1 Å². The quantitative estimate of drug-likeness (QED) is 0.425. The zero-order chi connectivity index (χ0) is 25.9. The molecule has 0 spiro atoms. The first-order valence-corrected chi connectivity index (χ1v) is 11.3. The van der Waals surface area contributed by atoms with Crippen LogP contribution in [-0.4, -0.2) is 35.2 Å². The van der Waals surface area contributed by atoms with Crippen molar-refractivity contribution in [2.45, 2.75) is 25.2 Å². The maximum atomic E-state index is 13.2. The highest BCUT2D eigenvalue weighted by atomic mass is 35.5. The Hall–Kier alpha value is -3.72. The largest absolute Gasteiger partial charge is 0.482 e. The first-order valence-electron chi connectivity index (χ1n) is 10.9. The van der Waals surface area contributed by atoms with Crippen molar-refractivity contribution in [1.29, 1.82) is 0 Å². The van der Waals surface area contributed by atoms with Gasteiger partial charge in [0.2, 0.25) is 0 Å². The van der Waals surface area contributed by atoms with Gasteiger partial charge in [0.05, 0.1) is 11.6 Å². The Bertz CT molecular complexity index is 1280. The Labute approximate surface area is 209 Å². The predicted molar refractivity (Wildman–Crippen MR) is 125 cm³/mol. The van der Waals surface area contributed by atoms with Crippen LogP contribution in [0.1, 0.15) is 33.9 Å². The summed E-state index contributed by atoms with van der Waals surface area (Å²) in [6.07, 6.45) is -4.73. The molecule has 0 bridgehead atoms. The molecule has 10 heteroatoms. The number of fused-ring (bicyclic) bond motifs is 1. The van der Waals surface area contributed by atoms with Gasteiger partial charge in [-0.25, -0.2) is 9.59 Å². The minimum absolute atomic E-state index is 0.195. The molecule has 0 fully saturated rings. The number of nitrogens with zero attached hydrogens (tertiary/aromatic N) is 1. The van der Waals surface area contributed by atoms with E-state index in [0.29, 0.717) is 17.0 Å². The van der Waals surface area contributed by atoms with E-state index in [-0.39, 0.29) is 24.5 Å². The fourth-order valence-electron chi connectivity index (χ4n) is 4.17. The standard InChI is InChI=1S/C26H21ClF3NO5/c27-19-8-9-22(35-15-23(32)33)21(13-19)24-20-7-2-1-5-17(20)10-11-31(24)25(34)36-14-16-4-3-6-18(12-16)26(28,29)30/h1-9,12-13,24H,10-11,14-15H2,(H,32,33). The summed E-state index contributed by atoms with van der Waals surface area (Å²) in [6.45, 7) is -0.692. The van der Waals surface area contributed by atoms with Gasteiger partial charge in [-0.1, -0.05) is 48.0 Å². The average Bonchev–Trinajstić information content (AvgIpc) is 2.85. The van der Waals surface area contributed by atoms with Crippen LogP contribution in [0, 0.1) is 0 Å². The smallest absolute Gasteiger partial charge is 0.416 e. The van der Waals surface area contributed by atoms with Crippen LogP contribution in [0.25, 0.3) is 0 Å². The summed E-state index contributed by atoms with van der Waals surface area (Å²) < 4.78 is 50.0. The number of amides is 1. The van der Waals surface area contributed by atoms with Gasteiger partial charge in [0.1, 0.15) is 12.4 Å². The van der Waals surface area contributed by atoms with E-state index in [4.69, 9.17) is 26.2 Å². The second-order valence-corrected chi connectivity index (χ2v) is 8.60. The van der Waals surface area contributed by atoms with Gasteiger partial charge >= 0.3 is 18.2 Å². The lowest BCUT2D eigenvalue weighted by molar-refractivity contribution is -0.139. The van der Waals surface area contributed by atoms with Crippen molar-refractivity contribution < 1.29 is 37.3 Å². The van der Waals surface area contributed by atoms with Crippen molar-refractivity contribution in [2.75, 3.05) is 13.2 Å². The fraction of sp³-hybridized carbons (Fsp3) is 0.231. The monoisotopic (exact) mass is 519 g/mol. The Kier molecular flexibility index (Phi) is 7.40. The normalized spacial score (nSPS) is 15.2. The number of benzene rings is 3. The molecule has 1 aliphatic heterocycles. The van der Waals surface area contributed by atoms with E-state index in [0.717, 1.165) is 23.3 Å². The second kappa shape index (κ2) is 10.5. The van der Waals surface area contributed by atoms with Crippen LogP contribution in [0.5, 0.6) is 5.75 Å². The maximum Gasteiger partial charge on any atom is 0.416 e. The molecule has 6 nitrogen and oxygen atoms in total. The second-order valence-electron chi connectivity index (χ2n) is 8.16. The SMILES string of the molecule is O=C(O)COc1ccc(Cl)cc1C1c2ccccc2CCN1C(=O)OCc1cccc(C(F)(F)F)c1. The molecule has 1 unspecified atom stereocenters.